The van der Waals surface area contributed by atoms with Crippen LogP contribution in [0.15, 0.2) is 42.5 Å². The van der Waals surface area contributed by atoms with E-state index in [1.165, 1.54) is 4.90 Å². The normalized spacial score (nSPS) is 15.4. The lowest BCUT2D eigenvalue weighted by Crippen LogP contribution is -2.44. The SMILES string of the molecule is COc1ccc(OCC(=O)N(CC(=O)Nc2cccc(C)c2C)C[C@H]2CCCO2)cc1. The Labute approximate surface area is 183 Å². The number of ether oxygens (including phenoxy) is 3. The van der Waals surface area contributed by atoms with Gasteiger partial charge >= 0.3 is 0 Å². The van der Waals surface area contributed by atoms with E-state index in [0.717, 1.165) is 29.7 Å². The summed E-state index contributed by atoms with van der Waals surface area (Å²) in [5.74, 6) is 0.764. The summed E-state index contributed by atoms with van der Waals surface area (Å²) in [5.41, 5.74) is 2.86. The van der Waals surface area contributed by atoms with Crippen LogP contribution >= 0.6 is 0 Å². The molecule has 0 unspecified atom stereocenters. The van der Waals surface area contributed by atoms with E-state index >= 15 is 0 Å². The fourth-order valence-corrected chi connectivity index (χ4v) is 3.45. The predicted molar refractivity (Wildman–Crippen MR) is 119 cm³/mol. The van der Waals surface area contributed by atoms with Gasteiger partial charge in [-0.05, 0) is 68.1 Å². The van der Waals surface area contributed by atoms with Crippen LogP contribution in [0.5, 0.6) is 11.5 Å². The van der Waals surface area contributed by atoms with Crippen molar-refractivity contribution in [1.82, 2.24) is 4.90 Å². The topological polar surface area (TPSA) is 77.1 Å². The minimum absolute atomic E-state index is 0.0570. The Morgan fingerprint density at radius 2 is 1.87 bits per heavy atom. The summed E-state index contributed by atoms with van der Waals surface area (Å²) in [6.45, 7) is 4.79. The molecule has 3 rings (SSSR count). The summed E-state index contributed by atoms with van der Waals surface area (Å²) in [6, 6.07) is 12.8. The standard InChI is InChI=1S/C24H30N2O5/c1-17-6-4-8-22(18(17)2)25-23(27)15-26(14-21-7-5-13-30-21)24(28)16-31-20-11-9-19(29-3)10-12-20/h4,6,8-12,21H,5,7,13-16H2,1-3H3,(H,25,27)/t21-/m1/s1. The molecule has 0 saturated carbocycles. The fourth-order valence-electron chi connectivity index (χ4n) is 3.45. The van der Waals surface area contributed by atoms with E-state index in [2.05, 4.69) is 5.32 Å². The van der Waals surface area contributed by atoms with Crippen molar-refractivity contribution in [2.45, 2.75) is 32.8 Å². The Kier molecular flexibility index (Phi) is 7.89. The zero-order valence-corrected chi connectivity index (χ0v) is 18.3. The van der Waals surface area contributed by atoms with Crippen LogP contribution in [0.2, 0.25) is 0 Å². The molecule has 7 heteroatoms. The molecule has 166 valence electrons. The van der Waals surface area contributed by atoms with Crippen molar-refractivity contribution < 1.29 is 23.8 Å². The molecule has 2 aromatic rings. The van der Waals surface area contributed by atoms with E-state index in [4.69, 9.17) is 14.2 Å². The molecule has 31 heavy (non-hydrogen) atoms. The number of nitrogens with one attached hydrogen (secondary N) is 1. The molecule has 1 atom stereocenters. The lowest BCUT2D eigenvalue weighted by molar-refractivity contribution is -0.138. The zero-order chi connectivity index (χ0) is 22.2. The third kappa shape index (κ3) is 6.46. The molecule has 1 N–H and O–H groups in total. The number of carbonyl (C=O) groups excluding carboxylic acids is 2. The van der Waals surface area contributed by atoms with Gasteiger partial charge in [-0.25, -0.2) is 0 Å². The number of carbonyl (C=O) groups is 2. The van der Waals surface area contributed by atoms with Gasteiger partial charge in [0.2, 0.25) is 5.91 Å². The number of nitrogens with zero attached hydrogens (tertiary/aromatic N) is 1. The number of rotatable bonds is 9. The Morgan fingerprint density at radius 1 is 1.13 bits per heavy atom. The molecular weight excluding hydrogens is 396 g/mol. The van der Waals surface area contributed by atoms with Crippen molar-refractivity contribution in [3.8, 4) is 11.5 Å². The van der Waals surface area contributed by atoms with Gasteiger partial charge in [-0.1, -0.05) is 12.1 Å². The Morgan fingerprint density at radius 3 is 2.55 bits per heavy atom. The van der Waals surface area contributed by atoms with Crippen LogP contribution in [0.4, 0.5) is 5.69 Å². The Balaban J connectivity index is 1.62. The fraction of sp³-hybridized carbons (Fsp3) is 0.417. The van der Waals surface area contributed by atoms with Crippen molar-refractivity contribution in [3.63, 3.8) is 0 Å². The number of benzene rings is 2. The van der Waals surface area contributed by atoms with Gasteiger partial charge in [-0.3, -0.25) is 9.59 Å². The summed E-state index contributed by atoms with van der Waals surface area (Å²) in [6.07, 6.45) is 1.78. The van der Waals surface area contributed by atoms with Crippen LogP contribution < -0.4 is 14.8 Å². The second-order valence-electron chi connectivity index (χ2n) is 7.67. The quantitative estimate of drug-likeness (QED) is 0.666. The van der Waals surface area contributed by atoms with E-state index in [0.29, 0.717) is 24.7 Å². The van der Waals surface area contributed by atoms with Gasteiger partial charge in [-0.2, -0.15) is 0 Å². The van der Waals surface area contributed by atoms with Crippen LogP contribution in [0.25, 0.3) is 0 Å². The van der Waals surface area contributed by atoms with Crippen molar-refractivity contribution >= 4 is 17.5 Å². The van der Waals surface area contributed by atoms with E-state index in [1.54, 1.807) is 31.4 Å². The Bertz CT molecular complexity index is 891. The summed E-state index contributed by atoms with van der Waals surface area (Å²) < 4.78 is 16.4. The molecule has 2 aromatic carbocycles. The molecular formula is C24H30N2O5. The molecule has 0 aliphatic carbocycles. The number of aryl methyl sites for hydroxylation is 1. The maximum atomic E-state index is 12.9. The highest BCUT2D eigenvalue weighted by molar-refractivity contribution is 5.95. The minimum atomic E-state index is -0.262. The number of methoxy groups -OCH3 is 1. The van der Waals surface area contributed by atoms with Crippen molar-refractivity contribution in [2.75, 3.05) is 38.7 Å². The number of hydrogen-bond donors (Lipinski definition) is 1. The van der Waals surface area contributed by atoms with E-state index in [-0.39, 0.29) is 31.1 Å². The van der Waals surface area contributed by atoms with Gasteiger partial charge in [0.15, 0.2) is 6.61 Å². The summed E-state index contributed by atoms with van der Waals surface area (Å²) in [4.78, 5) is 27.1. The lowest BCUT2D eigenvalue weighted by Gasteiger charge is -2.25. The van der Waals surface area contributed by atoms with Crippen molar-refractivity contribution in [2.24, 2.45) is 0 Å². The minimum Gasteiger partial charge on any atom is -0.497 e. The zero-order valence-electron chi connectivity index (χ0n) is 18.3. The van der Waals surface area contributed by atoms with Crippen LogP contribution in [-0.4, -0.2) is 56.2 Å². The van der Waals surface area contributed by atoms with Crippen LogP contribution in [0, 0.1) is 13.8 Å². The predicted octanol–water partition coefficient (Wildman–Crippen LogP) is 3.34. The molecule has 0 bridgehead atoms. The second kappa shape index (κ2) is 10.8. The molecule has 0 spiro atoms. The van der Waals surface area contributed by atoms with Gasteiger partial charge in [0.1, 0.15) is 18.0 Å². The van der Waals surface area contributed by atoms with Crippen LogP contribution in [0.3, 0.4) is 0 Å². The second-order valence-corrected chi connectivity index (χ2v) is 7.67. The maximum Gasteiger partial charge on any atom is 0.261 e. The molecule has 1 heterocycles. The highest BCUT2D eigenvalue weighted by atomic mass is 16.5. The molecule has 0 aromatic heterocycles. The molecule has 1 saturated heterocycles. The van der Waals surface area contributed by atoms with Crippen LogP contribution in [-0.2, 0) is 14.3 Å². The van der Waals surface area contributed by atoms with Crippen molar-refractivity contribution in [3.05, 3.63) is 53.6 Å². The molecule has 7 nitrogen and oxygen atoms in total. The van der Waals surface area contributed by atoms with E-state index in [1.807, 2.05) is 32.0 Å². The van der Waals surface area contributed by atoms with E-state index < -0.39 is 0 Å². The van der Waals surface area contributed by atoms with Gasteiger partial charge in [0.05, 0.1) is 13.2 Å². The third-order valence-electron chi connectivity index (χ3n) is 5.44. The van der Waals surface area contributed by atoms with Gasteiger partial charge in [0, 0.05) is 18.8 Å². The lowest BCUT2D eigenvalue weighted by atomic mass is 10.1. The monoisotopic (exact) mass is 426 g/mol. The van der Waals surface area contributed by atoms with Gasteiger partial charge in [0.25, 0.3) is 5.91 Å². The molecule has 1 fully saturated rings. The Hall–Kier alpha value is -3.06. The molecule has 1 aliphatic heterocycles. The molecule has 0 radical (unpaired) electrons. The number of hydrogen-bond acceptors (Lipinski definition) is 5. The first-order valence-corrected chi connectivity index (χ1v) is 10.5. The molecule has 1 aliphatic rings. The average Bonchev–Trinajstić information content (AvgIpc) is 3.28. The third-order valence-corrected chi connectivity index (χ3v) is 5.44. The first kappa shape index (κ1) is 22.6. The smallest absolute Gasteiger partial charge is 0.261 e. The van der Waals surface area contributed by atoms with Crippen LogP contribution in [0.1, 0.15) is 24.0 Å². The first-order chi connectivity index (χ1) is 15.0. The van der Waals surface area contributed by atoms with E-state index in [9.17, 15) is 9.59 Å². The highest BCUT2D eigenvalue weighted by Crippen LogP contribution is 2.19. The van der Waals surface area contributed by atoms with Crippen molar-refractivity contribution in [1.29, 1.82) is 0 Å². The first-order valence-electron chi connectivity index (χ1n) is 10.5. The summed E-state index contributed by atoms with van der Waals surface area (Å²) >= 11 is 0. The highest BCUT2D eigenvalue weighted by Gasteiger charge is 2.25. The largest absolute Gasteiger partial charge is 0.497 e. The number of anilines is 1. The van der Waals surface area contributed by atoms with Gasteiger partial charge < -0.3 is 24.4 Å². The maximum absolute atomic E-state index is 12.9. The average molecular weight is 427 g/mol. The number of amides is 2. The van der Waals surface area contributed by atoms with Gasteiger partial charge in [-0.15, -0.1) is 0 Å². The summed E-state index contributed by atoms with van der Waals surface area (Å²) in [7, 11) is 1.59. The molecule has 2 amide bonds. The summed E-state index contributed by atoms with van der Waals surface area (Å²) in [5, 5.41) is 2.92.